The van der Waals surface area contributed by atoms with Crippen LogP contribution in [0.25, 0.3) is 0 Å². The molecule has 0 saturated carbocycles. The number of carbonyl (C=O) groups is 1. The maximum absolute atomic E-state index is 10.1. The first kappa shape index (κ1) is 7.50. The van der Waals surface area contributed by atoms with Crippen LogP contribution in [-0.2, 0) is 14.6 Å². The molecule has 0 aromatic rings. The Bertz CT molecular complexity index is 117. The Hall–Kier alpha value is -0.610. The van der Waals surface area contributed by atoms with E-state index in [0.717, 1.165) is 6.42 Å². The van der Waals surface area contributed by atoms with E-state index in [4.69, 9.17) is 9.99 Å². The average molecular weight is 146 g/mol. The highest BCUT2D eigenvalue weighted by Gasteiger charge is 2.17. The van der Waals surface area contributed by atoms with Crippen LogP contribution in [-0.4, -0.2) is 23.8 Å². The van der Waals surface area contributed by atoms with E-state index in [1.54, 1.807) is 0 Å². The van der Waals surface area contributed by atoms with Crippen LogP contribution in [0.5, 0.6) is 0 Å². The topological polar surface area (TPSA) is 55.8 Å². The zero-order valence-electron chi connectivity index (χ0n) is 5.58. The summed E-state index contributed by atoms with van der Waals surface area (Å²) in [6, 6.07) is 0. The van der Waals surface area contributed by atoms with E-state index in [-0.39, 0.29) is 12.5 Å². The first-order valence-corrected chi connectivity index (χ1v) is 3.29. The van der Waals surface area contributed by atoms with Crippen LogP contribution < -0.4 is 0 Å². The van der Waals surface area contributed by atoms with E-state index < -0.39 is 5.97 Å². The van der Waals surface area contributed by atoms with Gasteiger partial charge in [-0.2, -0.15) is 0 Å². The molecule has 4 nitrogen and oxygen atoms in total. The third-order valence-electron chi connectivity index (χ3n) is 1.41. The van der Waals surface area contributed by atoms with Gasteiger partial charge in [0.2, 0.25) is 0 Å². The molecule has 1 aliphatic rings. The van der Waals surface area contributed by atoms with Gasteiger partial charge in [-0.05, 0) is 6.42 Å². The molecule has 0 amide bonds. The molecular weight excluding hydrogens is 136 g/mol. The Morgan fingerprint density at radius 1 is 1.70 bits per heavy atom. The first-order valence-electron chi connectivity index (χ1n) is 3.29. The molecule has 10 heavy (non-hydrogen) atoms. The lowest BCUT2D eigenvalue weighted by atomic mass is 10.1. The molecule has 1 N–H and O–H groups in total. The summed E-state index contributed by atoms with van der Waals surface area (Å²) in [5.41, 5.74) is 0. The van der Waals surface area contributed by atoms with Gasteiger partial charge in [0, 0.05) is 12.8 Å². The van der Waals surface area contributed by atoms with Crippen molar-refractivity contribution in [2.75, 3.05) is 6.61 Å². The van der Waals surface area contributed by atoms with Crippen molar-refractivity contribution < 1.29 is 19.7 Å². The van der Waals surface area contributed by atoms with Gasteiger partial charge in [0.15, 0.2) is 0 Å². The Labute approximate surface area is 58.7 Å². The van der Waals surface area contributed by atoms with Gasteiger partial charge in [0.05, 0.1) is 12.7 Å². The molecule has 1 unspecified atom stereocenters. The van der Waals surface area contributed by atoms with Gasteiger partial charge in [-0.1, -0.05) is 0 Å². The standard InChI is InChI=1S/C6H10O4/c7-6(8)2-1-5-3-4-9-10-5/h5H,1-4H2,(H,7,8). The first-order chi connectivity index (χ1) is 4.79. The second kappa shape index (κ2) is 3.53. The number of carboxylic acids is 1. The molecule has 58 valence electrons. The molecule has 1 saturated heterocycles. The predicted octanol–water partition coefficient (Wildman–Crippen LogP) is 0.572. The molecule has 0 spiro atoms. The summed E-state index contributed by atoms with van der Waals surface area (Å²) < 4.78 is 0. The lowest BCUT2D eigenvalue weighted by molar-refractivity contribution is -0.275. The number of carboxylic acid groups (broad SMARTS) is 1. The maximum atomic E-state index is 10.1. The molecule has 1 fully saturated rings. The van der Waals surface area contributed by atoms with Crippen LogP contribution in [0.4, 0.5) is 0 Å². The second-order valence-electron chi connectivity index (χ2n) is 2.26. The SMILES string of the molecule is O=C(O)CCC1CCOO1. The molecule has 1 aliphatic heterocycles. The highest BCUT2D eigenvalue weighted by molar-refractivity contribution is 5.66. The summed E-state index contributed by atoms with van der Waals surface area (Å²) in [5.74, 6) is -0.782. The van der Waals surface area contributed by atoms with Crippen molar-refractivity contribution in [2.45, 2.75) is 25.4 Å². The zero-order valence-corrected chi connectivity index (χ0v) is 5.58. The van der Waals surface area contributed by atoms with Crippen molar-refractivity contribution in [3.8, 4) is 0 Å². The molecule has 0 bridgehead atoms. The lowest BCUT2D eigenvalue weighted by Crippen LogP contribution is -2.07. The van der Waals surface area contributed by atoms with Crippen LogP contribution in [0.15, 0.2) is 0 Å². The van der Waals surface area contributed by atoms with Gasteiger partial charge in [-0.25, -0.2) is 9.78 Å². The highest BCUT2D eigenvalue weighted by Crippen LogP contribution is 2.13. The summed E-state index contributed by atoms with van der Waals surface area (Å²) in [6.45, 7) is 0.588. The van der Waals surface area contributed by atoms with E-state index in [9.17, 15) is 4.79 Å². The Balaban J connectivity index is 2.07. The molecule has 0 radical (unpaired) electrons. The van der Waals surface area contributed by atoms with E-state index in [2.05, 4.69) is 4.89 Å². The molecule has 1 rings (SSSR count). The summed E-state index contributed by atoms with van der Waals surface area (Å²) in [4.78, 5) is 19.4. The van der Waals surface area contributed by atoms with E-state index in [0.29, 0.717) is 13.0 Å². The number of rotatable bonds is 3. The van der Waals surface area contributed by atoms with E-state index in [1.165, 1.54) is 0 Å². The second-order valence-corrected chi connectivity index (χ2v) is 2.26. The van der Waals surface area contributed by atoms with Crippen LogP contribution in [0.2, 0.25) is 0 Å². The summed E-state index contributed by atoms with van der Waals surface area (Å²) in [7, 11) is 0. The van der Waals surface area contributed by atoms with Gasteiger partial charge >= 0.3 is 5.97 Å². The molecular formula is C6H10O4. The zero-order chi connectivity index (χ0) is 7.40. The van der Waals surface area contributed by atoms with Crippen molar-refractivity contribution in [1.29, 1.82) is 0 Å². The van der Waals surface area contributed by atoms with Crippen molar-refractivity contribution >= 4 is 5.97 Å². The van der Waals surface area contributed by atoms with E-state index in [1.807, 2.05) is 0 Å². The van der Waals surface area contributed by atoms with Crippen LogP contribution in [0.1, 0.15) is 19.3 Å². The van der Waals surface area contributed by atoms with Gasteiger partial charge in [0.25, 0.3) is 0 Å². The quantitative estimate of drug-likeness (QED) is 0.591. The van der Waals surface area contributed by atoms with Crippen LogP contribution in [0, 0.1) is 0 Å². The number of hydrogen-bond donors (Lipinski definition) is 1. The smallest absolute Gasteiger partial charge is 0.303 e. The monoisotopic (exact) mass is 146 g/mol. The Morgan fingerprint density at radius 3 is 3.00 bits per heavy atom. The normalized spacial score (nSPS) is 25.0. The summed E-state index contributed by atoms with van der Waals surface area (Å²) in [6.07, 6.45) is 1.52. The highest BCUT2D eigenvalue weighted by atomic mass is 17.2. The Morgan fingerprint density at radius 2 is 2.50 bits per heavy atom. The summed E-state index contributed by atoms with van der Waals surface area (Å²) >= 11 is 0. The minimum absolute atomic E-state index is 0.00361. The lowest BCUT2D eigenvalue weighted by Gasteiger charge is -2.01. The molecule has 0 aromatic carbocycles. The largest absolute Gasteiger partial charge is 0.481 e. The van der Waals surface area contributed by atoms with Crippen LogP contribution in [0.3, 0.4) is 0 Å². The van der Waals surface area contributed by atoms with Gasteiger partial charge in [-0.15, -0.1) is 0 Å². The number of aliphatic carboxylic acids is 1. The minimum Gasteiger partial charge on any atom is -0.481 e. The molecule has 1 atom stereocenters. The Kier molecular flexibility index (Phi) is 2.65. The third kappa shape index (κ3) is 2.33. The fourth-order valence-electron chi connectivity index (χ4n) is 0.849. The van der Waals surface area contributed by atoms with Crippen molar-refractivity contribution in [3.05, 3.63) is 0 Å². The van der Waals surface area contributed by atoms with Crippen molar-refractivity contribution in [3.63, 3.8) is 0 Å². The maximum Gasteiger partial charge on any atom is 0.303 e. The van der Waals surface area contributed by atoms with Crippen molar-refractivity contribution in [1.82, 2.24) is 0 Å². The summed E-state index contributed by atoms with van der Waals surface area (Å²) in [5, 5.41) is 8.28. The fraction of sp³-hybridized carbons (Fsp3) is 0.833. The molecule has 4 heteroatoms. The van der Waals surface area contributed by atoms with E-state index >= 15 is 0 Å². The van der Waals surface area contributed by atoms with Gasteiger partial charge in [0.1, 0.15) is 0 Å². The molecule has 0 aromatic heterocycles. The average Bonchev–Trinajstić information content (AvgIpc) is 2.34. The fourth-order valence-corrected chi connectivity index (χ4v) is 0.849. The van der Waals surface area contributed by atoms with Crippen LogP contribution >= 0.6 is 0 Å². The molecule has 1 heterocycles. The van der Waals surface area contributed by atoms with Gasteiger partial charge in [-0.3, -0.25) is 4.79 Å². The predicted molar refractivity (Wildman–Crippen MR) is 32.3 cm³/mol. The van der Waals surface area contributed by atoms with Gasteiger partial charge < -0.3 is 5.11 Å². The minimum atomic E-state index is -0.782. The number of hydrogen-bond acceptors (Lipinski definition) is 3. The third-order valence-corrected chi connectivity index (χ3v) is 1.41. The van der Waals surface area contributed by atoms with Crippen molar-refractivity contribution in [2.24, 2.45) is 0 Å². The molecule has 0 aliphatic carbocycles.